The van der Waals surface area contributed by atoms with Gasteiger partial charge in [0, 0.05) is 29.8 Å². The Morgan fingerprint density at radius 1 is 1.05 bits per heavy atom. The van der Waals surface area contributed by atoms with Crippen molar-refractivity contribution in [1.29, 1.82) is 0 Å². The number of hydrogen-bond donors (Lipinski definition) is 0. The zero-order valence-electron chi connectivity index (χ0n) is 13.4. The van der Waals surface area contributed by atoms with Crippen molar-refractivity contribution < 1.29 is 0 Å². The van der Waals surface area contributed by atoms with Gasteiger partial charge in [0.15, 0.2) is 0 Å². The average Bonchev–Trinajstić information content (AvgIpc) is 2.84. The molecule has 0 spiro atoms. The van der Waals surface area contributed by atoms with E-state index in [2.05, 4.69) is 69.9 Å². The molecule has 114 valence electrons. The molecule has 1 aromatic rings. The molecule has 0 radical (unpaired) electrons. The maximum atomic E-state index is 4.31. The first-order chi connectivity index (χ1) is 8.60. The molecule has 0 aromatic carbocycles. The average molecular weight is 277 g/mol. The van der Waals surface area contributed by atoms with Crippen molar-refractivity contribution in [3.63, 3.8) is 0 Å². The van der Waals surface area contributed by atoms with E-state index in [1.54, 1.807) is 0 Å². The Morgan fingerprint density at radius 2 is 1.65 bits per heavy atom. The van der Waals surface area contributed by atoms with E-state index >= 15 is 0 Å². The van der Waals surface area contributed by atoms with Crippen molar-refractivity contribution in [3.05, 3.63) is 30.1 Å². The minimum Gasteiger partial charge on any atom is -0.285 e. The quantitative estimate of drug-likeness (QED) is 0.691. The van der Waals surface area contributed by atoms with Gasteiger partial charge in [-0.05, 0) is 12.1 Å². The zero-order valence-corrected chi connectivity index (χ0v) is 13.4. The second-order valence-corrected chi connectivity index (χ2v) is 7.00. The van der Waals surface area contributed by atoms with Crippen LogP contribution in [0.1, 0.15) is 54.7 Å². The minimum atomic E-state index is 0. The highest BCUT2D eigenvalue weighted by Crippen LogP contribution is 2.19. The SMILES string of the molecule is C.CC(C)(C)C1=NCC=C1.Cn1ccc(C(C)(C)C)n1. The smallest absolute Gasteiger partial charge is 0.0677 e. The summed E-state index contributed by atoms with van der Waals surface area (Å²) < 4.78 is 1.83. The van der Waals surface area contributed by atoms with Gasteiger partial charge < -0.3 is 0 Å². The van der Waals surface area contributed by atoms with Gasteiger partial charge in [0.25, 0.3) is 0 Å². The van der Waals surface area contributed by atoms with Crippen LogP contribution in [0, 0.1) is 5.41 Å². The molecule has 0 amide bonds. The molecule has 0 saturated carbocycles. The number of rotatable bonds is 0. The second-order valence-electron chi connectivity index (χ2n) is 7.00. The van der Waals surface area contributed by atoms with Gasteiger partial charge in [0.1, 0.15) is 0 Å². The lowest BCUT2D eigenvalue weighted by molar-refractivity contribution is 0.553. The summed E-state index contributed by atoms with van der Waals surface area (Å²) in [6, 6.07) is 2.06. The molecule has 20 heavy (non-hydrogen) atoms. The summed E-state index contributed by atoms with van der Waals surface area (Å²) in [4.78, 5) is 4.31. The van der Waals surface area contributed by atoms with Crippen molar-refractivity contribution in [1.82, 2.24) is 9.78 Å². The van der Waals surface area contributed by atoms with Crippen LogP contribution in [-0.2, 0) is 12.5 Å². The number of allylic oxidation sites excluding steroid dienone is 1. The fourth-order valence-electron chi connectivity index (χ4n) is 1.67. The van der Waals surface area contributed by atoms with E-state index in [9.17, 15) is 0 Å². The third-order valence-corrected chi connectivity index (χ3v) is 2.89. The molecule has 3 heteroatoms. The summed E-state index contributed by atoms with van der Waals surface area (Å²) in [5.74, 6) is 0. The van der Waals surface area contributed by atoms with E-state index in [1.807, 2.05) is 17.9 Å². The summed E-state index contributed by atoms with van der Waals surface area (Å²) in [7, 11) is 1.94. The van der Waals surface area contributed by atoms with Crippen LogP contribution in [0.5, 0.6) is 0 Å². The lowest BCUT2D eigenvalue weighted by Gasteiger charge is -2.16. The molecule has 0 fully saturated rings. The molecule has 1 aromatic heterocycles. The van der Waals surface area contributed by atoms with Crippen molar-refractivity contribution in [2.75, 3.05) is 6.54 Å². The first-order valence-corrected chi connectivity index (χ1v) is 6.82. The van der Waals surface area contributed by atoms with Crippen LogP contribution >= 0.6 is 0 Å². The Labute approximate surface area is 124 Å². The van der Waals surface area contributed by atoms with E-state index < -0.39 is 0 Å². The van der Waals surface area contributed by atoms with Crippen LogP contribution in [0.4, 0.5) is 0 Å². The summed E-state index contributed by atoms with van der Waals surface area (Å²) in [6.45, 7) is 13.9. The van der Waals surface area contributed by atoms with E-state index in [0.717, 1.165) is 12.2 Å². The van der Waals surface area contributed by atoms with E-state index in [-0.39, 0.29) is 18.3 Å². The molecule has 0 aliphatic carbocycles. The van der Waals surface area contributed by atoms with Gasteiger partial charge in [-0.3, -0.25) is 9.67 Å². The van der Waals surface area contributed by atoms with Crippen LogP contribution in [0.25, 0.3) is 0 Å². The molecule has 2 heterocycles. The highest BCUT2D eigenvalue weighted by atomic mass is 15.2. The number of hydrogen-bond acceptors (Lipinski definition) is 2. The van der Waals surface area contributed by atoms with Crippen LogP contribution in [0.3, 0.4) is 0 Å². The van der Waals surface area contributed by atoms with Gasteiger partial charge in [-0.15, -0.1) is 0 Å². The predicted molar refractivity (Wildman–Crippen MR) is 89.5 cm³/mol. The molecule has 0 atom stereocenters. The second kappa shape index (κ2) is 6.87. The summed E-state index contributed by atoms with van der Waals surface area (Å²) in [5, 5.41) is 4.30. The van der Waals surface area contributed by atoms with Crippen molar-refractivity contribution in [2.24, 2.45) is 17.5 Å². The first kappa shape index (κ1) is 18.6. The van der Waals surface area contributed by atoms with E-state index in [4.69, 9.17) is 0 Å². The molecule has 1 aliphatic rings. The fraction of sp³-hybridized carbons (Fsp3) is 0.647. The lowest BCUT2D eigenvalue weighted by atomic mass is 9.90. The largest absolute Gasteiger partial charge is 0.285 e. The Bertz CT molecular complexity index is 465. The maximum Gasteiger partial charge on any atom is 0.0677 e. The van der Waals surface area contributed by atoms with Crippen LogP contribution in [0.15, 0.2) is 29.4 Å². The fourth-order valence-corrected chi connectivity index (χ4v) is 1.67. The Morgan fingerprint density at radius 3 is 1.85 bits per heavy atom. The molecule has 2 rings (SSSR count). The lowest BCUT2D eigenvalue weighted by Crippen LogP contribution is -2.16. The van der Waals surface area contributed by atoms with E-state index in [0.29, 0.717) is 0 Å². The monoisotopic (exact) mass is 277 g/mol. The highest BCUT2D eigenvalue weighted by molar-refractivity contribution is 6.00. The summed E-state index contributed by atoms with van der Waals surface area (Å²) >= 11 is 0. The number of aliphatic imine (C=N–C) groups is 1. The van der Waals surface area contributed by atoms with Gasteiger partial charge in [0.2, 0.25) is 0 Å². The highest BCUT2D eigenvalue weighted by Gasteiger charge is 2.17. The summed E-state index contributed by atoms with van der Waals surface area (Å²) in [6.07, 6.45) is 6.18. The molecule has 0 N–H and O–H groups in total. The minimum absolute atomic E-state index is 0. The third kappa shape index (κ3) is 5.72. The van der Waals surface area contributed by atoms with E-state index in [1.165, 1.54) is 5.71 Å². The van der Waals surface area contributed by atoms with Gasteiger partial charge in [-0.25, -0.2) is 0 Å². The van der Waals surface area contributed by atoms with Gasteiger partial charge >= 0.3 is 0 Å². The number of aryl methyl sites for hydroxylation is 1. The van der Waals surface area contributed by atoms with Gasteiger partial charge in [-0.2, -0.15) is 5.10 Å². The molecule has 0 bridgehead atoms. The molecule has 1 aliphatic heterocycles. The Balaban J connectivity index is 0.000000345. The van der Waals surface area contributed by atoms with Gasteiger partial charge in [-0.1, -0.05) is 55.0 Å². The van der Waals surface area contributed by atoms with Crippen LogP contribution < -0.4 is 0 Å². The normalized spacial score (nSPS) is 14.2. The molecule has 0 saturated heterocycles. The predicted octanol–water partition coefficient (Wildman–Crippen LogP) is 4.40. The molecule has 3 nitrogen and oxygen atoms in total. The van der Waals surface area contributed by atoms with Crippen molar-refractivity contribution >= 4 is 5.71 Å². The number of aromatic nitrogens is 2. The maximum absolute atomic E-state index is 4.31. The molecular formula is C17H31N3. The molecule has 0 unspecified atom stereocenters. The molecular weight excluding hydrogens is 246 g/mol. The topological polar surface area (TPSA) is 30.2 Å². The Hall–Kier alpha value is -1.38. The van der Waals surface area contributed by atoms with Crippen LogP contribution in [0.2, 0.25) is 0 Å². The van der Waals surface area contributed by atoms with Crippen LogP contribution in [-0.4, -0.2) is 22.0 Å². The van der Waals surface area contributed by atoms with Crippen molar-refractivity contribution in [2.45, 2.75) is 54.4 Å². The third-order valence-electron chi connectivity index (χ3n) is 2.89. The van der Waals surface area contributed by atoms with Gasteiger partial charge in [0.05, 0.1) is 12.2 Å². The van der Waals surface area contributed by atoms with Crippen molar-refractivity contribution in [3.8, 4) is 0 Å². The zero-order chi connectivity index (χ0) is 14.7. The first-order valence-electron chi connectivity index (χ1n) is 6.82. The Kier molecular flexibility index (Phi) is 6.39. The standard InChI is InChI=1S/C8H14N2.C8H13N.CH4/c1-8(2,3)7-5-6-10(4)9-7;1-8(2,3)7-5-4-6-9-7;/h5-6H,1-4H3;4-5H,6H2,1-3H3;1H4. The summed E-state index contributed by atoms with van der Waals surface area (Å²) in [5.41, 5.74) is 2.80. The number of nitrogens with zero attached hydrogens (tertiary/aromatic N) is 3.